The summed E-state index contributed by atoms with van der Waals surface area (Å²) < 4.78 is 11.1. The third-order valence-corrected chi connectivity index (χ3v) is 8.16. The van der Waals surface area contributed by atoms with Gasteiger partial charge in [0.1, 0.15) is 0 Å². The molecular formula is C15H28O4Si. The van der Waals surface area contributed by atoms with E-state index in [1.165, 1.54) is 6.08 Å². The minimum absolute atomic E-state index is 0.0249. The molecule has 0 unspecified atom stereocenters. The molecule has 0 aliphatic carbocycles. The highest BCUT2D eigenvalue weighted by Gasteiger charge is 2.39. The molecule has 0 radical (unpaired) electrons. The van der Waals surface area contributed by atoms with Gasteiger partial charge < -0.3 is 9.16 Å². The number of allylic oxidation sites excluding steroid dienone is 1. The van der Waals surface area contributed by atoms with Crippen molar-refractivity contribution in [3.8, 4) is 0 Å². The van der Waals surface area contributed by atoms with E-state index in [0.717, 1.165) is 0 Å². The van der Waals surface area contributed by atoms with Crippen molar-refractivity contribution in [1.82, 2.24) is 0 Å². The number of hydrogen-bond donors (Lipinski definition) is 0. The second kappa shape index (κ2) is 7.74. The van der Waals surface area contributed by atoms with Gasteiger partial charge in [0, 0.05) is 6.42 Å². The number of ketones is 1. The van der Waals surface area contributed by atoms with Crippen LogP contribution in [0.3, 0.4) is 0 Å². The molecule has 5 heteroatoms. The first-order chi connectivity index (χ1) is 9.03. The third-order valence-electron chi connectivity index (χ3n) is 3.62. The van der Waals surface area contributed by atoms with E-state index in [1.54, 1.807) is 6.92 Å². The minimum atomic E-state index is -2.03. The standard InChI is InChI=1S/C15H28O4Si/c1-8-12(16)10-13(11-14(17)18-9-2)19-20(6,7)15(3,4)5/h8,13H,1,9-11H2,2-7H3/t13-/m1/s1. The summed E-state index contributed by atoms with van der Waals surface area (Å²) in [7, 11) is -2.03. The lowest BCUT2D eigenvalue weighted by Crippen LogP contribution is -2.45. The van der Waals surface area contributed by atoms with Gasteiger partial charge in [0.25, 0.3) is 0 Å². The second-order valence-corrected chi connectivity index (χ2v) is 11.1. The zero-order valence-corrected chi connectivity index (χ0v) is 14.6. The van der Waals surface area contributed by atoms with Crippen molar-refractivity contribution in [2.24, 2.45) is 0 Å². The van der Waals surface area contributed by atoms with E-state index in [9.17, 15) is 9.59 Å². The van der Waals surface area contributed by atoms with Crippen molar-refractivity contribution < 1.29 is 18.8 Å². The van der Waals surface area contributed by atoms with Crippen LogP contribution in [0.2, 0.25) is 18.1 Å². The summed E-state index contributed by atoms with van der Waals surface area (Å²) in [5.41, 5.74) is 0. The summed E-state index contributed by atoms with van der Waals surface area (Å²) in [4.78, 5) is 23.2. The zero-order valence-electron chi connectivity index (χ0n) is 13.6. The van der Waals surface area contributed by atoms with E-state index in [2.05, 4.69) is 40.4 Å². The molecule has 0 fully saturated rings. The van der Waals surface area contributed by atoms with Crippen LogP contribution < -0.4 is 0 Å². The highest BCUT2D eigenvalue weighted by molar-refractivity contribution is 6.74. The smallest absolute Gasteiger partial charge is 0.308 e. The average molecular weight is 300 g/mol. The maximum absolute atomic E-state index is 11.6. The van der Waals surface area contributed by atoms with Gasteiger partial charge in [0.2, 0.25) is 0 Å². The SMILES string of the molecule is C=CC(=O)C[C@H](CC(=O)OCC)O[Si](C)(C)C(C)(C)C. The molecule has 0 spiro atoms. The van der Waals surface area contributed by atoms with Gasteiger partial charge in [-0.05, 0) is 31.1 Å². The van der Waals surface area contributed by atoms with Crippen LogP contribution in [0.1, 0.15) is 40.5 Å². The van der Waals surface area contributed by atoms with E-state index in [4.69, 9.17) is 9.16 Å². The first-order valence-corrected chi connectivity index (χ1v) is 9.93. The summed E-state index contributed by atoms with van der Waals surface area (Å²) in [5, 5.41) is 0.0249. The fourth-order valence-electron chi connectivity index (χ4n) is 1.46. The van der Waals surface area contributed by atoms with E-state index in [1.807, 2.05) is 0 Å². The number of rotatable bonds is 8. The lowest BCUT2D eigenvalue weighted by atomic mass is 10.1. The molecule has 0 rings (SSSR count). The summed E-state index contributed by atoms with van der Waals surface area (Å²) in [6, 6.07) is 0. The van der Waals surface area contributed by atoms with Gasteiger partial charge in [-0.15, -0.1) is 0 Å². The van der Waals surface area contributed by atoms with Crippen LogP contribution >= 0.6 is 0 Å². The molecule has 0 aliphatic rings. The maximum Gasteiger partial charge on any atom is 0.308 e. The van der Waals surface area contributed by atoms with Gasteiger partial charge in [-0.3, -0.25) is 9.59 Å². The van der Waals surface area contributed by atoms with Crippen LogP contribution in [-0.4, -0.2) is 32.8 Å². The molecule has 116 valence electrons. The maximum atomic E-state index is 11.6. The quantitative estimate of drug-likeness (QED) is 0.391. The molecule has 20 heavy (non-hydrogen) atoms. The number of carbonyl (C=O) groups excluding carboxylic acids is 2. The van der Waals surface area contributed by atoms with Gasteiger partial charge >= 0.3 is 5.97 Å². The molecule has 0 saturated heterocycles. The zero-order chi connectivity index (χ0) is 16.0. The number of ether oxygens (including phenoxy) is 1. The van der Waals surface area contributed by atoms with Crippen LogP contribution in [-0.2, 0) is 18.8 Å². The second-order valence-electron chi connectivity index (χ2n) is 6.38. The highest BCUT2D eigenvalue weighted by atomic mass is 28.4. The predicted molar refractivity (Wildman–Crippen MR) is 83.1 cm³/mol. The normalized spacial score (nSPS) is 13.7. The average Bonchev–Trinajstić information content (AvgIpc) is 2.26. The summed E-state index contributed by atoms with van der Waals surface area (Å²) >= 11 is 0. The van der Waals surface area contributed by atoms with E-state index in [-0.39, 0.29) is 29.6 Å². The Balaban J connectivity index is 4.89. The van der Waals surface area contributed by atoms with Gasteiger partial charge in [-0.2, -0.15) is 0 Å². The van der Waals surface area contributed by atoms with Crippen LogP contribution in [0.25, 0.3) is 0 Å². The van der Waals surface area contributed by atoms with Crippen LogP contribution in [0.4, 0.5) is 0 Å². The van der Waals surface area contributed by atoms with E-state index >= 15 is 0 Å². The van der Waals surface area contributed by atoms with Crippen molar-refractivity contribution in [2.75, 3.05) is 6.61 Å². The first-order valence-electron chi connectivity index (χ1n) is 7.02. The minimum Gasteiger partial charge on any atom is -0.466 e. The molecule has 0 aromatic heterocycles. The van der Waals surface area contributed by atoms with Crippen molar-refractivity contribution in [1.29, 1.82) is 0 Å². The largest absolute Gasteiger partial charge is 0.466 e. The molecule has 0 amide bonds. The van der Waals surface area contributed by atoms with Gasteiger partial charge in [0.15, 0.2) is 14.1 Å². The summed E-state index contributed by atoms with van der Waals surface area (Å²) in [6.45, 7) is 16.1. The van der Waals surface area contributed by atoms with Gasteiger partial charge in [0.05, 0.1) is 19.1 Å². The van der Waals surface area contributed by atoms with E-state index < -0.39 is 14.4 Å². The third kappa shape index (κ3) is 6.48. The van der Waals surface area contributed by atoms with Crippen molar-refractivity contribution >= 4 is 20.1 Å². The topological polar surface area (TPSA) is 52.6 Å². The van der Waals surface area contributed by atoms with Gasteiger partial charge in [-0.1, -0.05) is 27.4 Å². The molecular weight excluding hydrogens is 272 g/mol. The van der Waals surface area contributed by atoms with Crippen LogP contribution in [0.5, 0.6) is 0 Å². The Labute approximate surface area is 123 Å². The summed E-state index contributed by atoms with van der Waals surface area (Å²) in [5.74, 6) is -0.439. The number of hydrogen-bond acceptors (Lipinski definition) is 4. The molecule has 0 heterocycles. The Kier molecular flexibility index (Phi) is 7.37. The molecule has 0 aromatic carbocycles. The highest BCUT2D eigenvalue weighted by Crippen LogP contribution is 2.38. The number of carbonyl (C=O) groups is 2. The van der Waals surface area contributed by atoms with Crippen molar-refractivity contribution in [3.63, 3.8) is 0 Å². The predicted octanol–water partition coefficient (Wildman–Crippen LogP) is 3.48. The Morgan fingerprint density at radius 3 is 2.20 bits per heavy atom. The monoisotopic (exact) mass is 300 g/mol. The Bertz CT molecular complexity index is 355. The molecule has 4 nitrogen and oxygen atoms in total. The van der Waals surface area contributed by atoms with Crippen LogP contribution in [0.15, 0.2) is 12.7 Å². The van der Waals surface area contributed by atoms with Gasteiger partial charge in [-0.25, -0.2) is 0 Å². The molecule has 0 saturated carbocycles. The number of esters is 1. The molecule has 0 aromatic rings. The van der Waals surface area contributed by atoms with Crippen molar-refractivity contribution in [2.45, 2.75) is 64.8 Å². The molecule has 0 aliphatic heterocycles. The van der Waals surface area contributed by atoms with Crippen LogP contribution in [0, 0.1) is 0 Å². The summed E-state index contributed by atoms with van der Waals surface area (Å²) in [6.07, 6.45) is 1.13. The Morgan fingerprint density at radius 2 is 1.80 bits per heavy atom. The lowest BCUT2D eigenvalue weighted by Gasteiger charge is -2.39. The first kappa shape index (κ1) is 19.1. The molecule has 0 bridgehead atoms. The molecule has 1 atom stereocenters. The Morgan fingerprint density at radius 1 is 1.25 bits per heavy atom. The molecule has 0 N–H and O–H groups in total. The Hall–Kier alpha value is -0.943. The van der Waals surface area contributed by atoms with Crippen molar-refractivity contribution in [3.05, 3.63) is 12.7 Å². The fraction of sp³-hybridized carbons (Fsp3) is 0.733. The fourth-order valence-corrected chi connectivity index (χ4v) is 2.82. The van der Waals surface area contributed by atoms with E-state index in [0.29, 0.717) is 6.61 Å². The lowest BCUT2D eigenvalue weighted by molar-refractivity contribution is -0.145.